The van der Waals surface area contributed by atoms with Crippen LogP contribution in [0.2, 0.25) is 0 Å². The van der Waals surface area contributed by atoms with Gasteiger partial charge >= 0.3 is 0 Å². The molecule has 0 bridgehead atoms. The van der Waals surface area contributed by atoms with Crippen LogP contribution in [0.5, 0.6) is 0 Å². The number of hydrogen-bond donors (Lipinski definition) is 2. The predicted molar refractivity (Wildman–Crippen MR) is 134 cm³/mol. The van der Waals surface area contributed by atoms with E-state index in [1.54, 1.807) is 0 Å². The third-order valence-corrected chi connectivity index (χ3v) is 7.70. The zero-order valence-corrected chi connectivity index (χ0v) is 21.0. The van der Waals surface area contributed by atoms with Crippen LogP contribution in [0, 0.1) is 6.92 Å². The molecule has 2 aromatic rings. The Hall–Kier alpha value is -2.62. The van der Waals surface area contributed by atoms with E-state index in [-0.39, 0.29) is 28.1 Å². The number of nitrogens with one attached hydrogen (secondary N) is 2. The Balaban J connectivity index is 1.62. The summed E-state index contributed by atoms with van der Waals surface area (Å²) in [7, 11) is 0. The van der Waals surface area contributed by atoms with Crippen molar-refractivity contribution in [3.05, 3.63) is 69.8 Å². The Morgan fingerprint density at radius 1 is 0.788 bits per heavy atom. The van der Waals surface area contributed by atoms with E-state index in [1.165, 1.54) is 34.7 Å². The number of rotatable bonds is 6. The molecular weight excluding hydrogens is 408 g/mol. The first kappa shape index (κ1) is 23.5. The standard InChI is InChI=1S/C29H38N2O2/c1-19-9-11-22-24(15-19)29(17-27(22,3)4)18-28(5,6)23-12-10-21(16-25(23)29)26(33)31-14-8-7-13-30-20(2)32/h9-12,15-16H,7-8,13-14,17-18H2,1-6H3,(H,30,32)(H,31,33). The van der Waals surface area contributed by atoms with Crippen molar-refractivity contribution in [3.63, 3.8) is 0 Å². The summed E-state index contributed by atoms with van der Waals surface area (Å²) >= 11 is 0. The summed E-state index contributed by atoms with van der Waals surface area (Å²) < 4.78 is 0. The molecule has 0 saturated carbocycles. The third kappa shape index (κ3) is 4.20. The second-order valence-electron chi connectivity index (χ2n) is 11.5. The molecule has 1 atom stereocenters. The van der Waals surface area contributed by atoms with Gasteiger partial charge in [-0.15, -0.1) is 0 Å². The molecule has 176 valence electrons. The molecule has 2 N–H and O–H groups in total. The molecule has 0 aromatic heterocycles. The second-order valence-corrected chi connectivity index (χ2v) is 11.5. The number of benzene rings is 2. The fourth-order valence-corrected chi connectivity index (χ4v) is 6.42. The smallest absolute Gasteiger partial charge is 0.251 e. The summed E-state index contributed by atoms with van der Waals surface area (Å²) in [6.07, 6.45) is 3.84. The van der Waals surface area contributed by atoms with Gasteiger partial charge in [-0.25, -0.2) is 0 Å². The molecule has 0 heterocycles. The Morgan fingerprint density at radius 3 is 1.94 bits per heavy atom. The monoisotopic (exact) mass is 446 g/mol. The molecule has 1 unspecified atom stereocenters. The summed E-state index contributed by atoms with van der Waals surface area (Å²) in [6, 6.07) is 13.3. The van der Waals surface area contributed by atoms with Crippen molar-refractivity contribution in [3.8, 4) is 0 Å². The lowest BCUT2D eigenvalue weighted by Gasteiger charge is -2.30. The van der Waals surface area contributed by atoms with Crippen LogP contribution in [-0.4, -0.2) is 24.9 Å². The summed E-state index contributed by atoms with van der Waals surface area (Å²) in [5, 5.41) is 5.87. The minimum Gasteiger partial charge on any atom is -0.356 e. The largest absolute Gasteiger partial charge is 0.356 e. The van der Waals surface area contributed by atoms with Gasteiger partial charge in [0.2, 0.25) is 5.91 Å². The van der Waals surface area contributed by atoms with Crippen LogP contribution in [0.25, 0.3) is 0 Å². The fraction of sp³-hybridized carbons (Fsp3) is 0.517. The lowest BCUT2D eigenvalue weighted by Crippen LogP contribution is -2.28. The topological polar surface area (TPSA) is 58.2 Å². The molecule has 4 heteroatoms. The Kier molecular flexibility index (Phi) is 5.92. The highest BCUT2D eigenvalue weighted by atomic mass is 16.2. The molecule has 33 heavy (non-hydrogen) atoms. The summed E-state index contributed by atoms with van der Waals surface area (Å²) in [4.78, 5) is 24.0. The molecule has 4 nitrogen and oxygen atoms in total. The highest BCUT2D eigenvalue weighted by molar-refractivity contribution is 5.94. The maximum absolute atomic E-state index is 13.0. The second kappa shape index (κ2) is 8.30. The Bertz CT molecular complexity index is 1090. The van der Waals surface area contributed by atoms with Crippen molar-refractivity contribution in [1.29, 1.82) is 0 Å². The highest BCUT2D eigenvalue weighted by Crippen LogP contribution is 2.62. The Labute approximate surface area is 198 Å². The molecule has 2 aliphatic rings. The number of hydrogen-bond acceptors (Lipinski definition) is 2. The summed E-state index contributed by atoms with van der Waals surface area (Å²) in [6.45, 7) is 14.4. The van der Waals surface area contributed by atoms with E-state index in [1.807, 2.05) is 6.07 Å². The molecule has 0 saturated heterocycles. The maximum Gasteiger partial charge on any atom is 0.251 e. The average molecular weight is 447 g/mol. The van der Waals surface area contributed by atoms with Crippen LogP contribution in [0.1, 0.15) is 98.5 Å². The quantitative estimate of drug-likeness (QED) is 0.593. The fourth-order valence-electron chi connectivity index (χ4n) is 6.42. The normalized spacial score (nSPS) is 21.5. The van der Waals surface area contributed by atoms with Crippen LogP contribution in [0.3, 0.4) is 0 Å². The van der Waals surface area contributed by atoms with Crippen molar-refractivity contribution in [1.82, 2.24) is 10.6 Å². The molecule has 0 aliphatic heterocycles. The number of amides is 2. The number of unbranched alkanes of at least 4 members (excludes halogenated alkanes) is 1. The zero-order chi connectivity index (χ0) is 24.0. The van der Waals surface area contributed by atoms with Crippen molar-refractivity contribution in [2.24, 2.45) is 0 Å². The average Bonchev–Trinajstić information content (AvgIpc) is 3.09. The predicted octanol–water partition coefficient (Wildman–Crippen LogP) is 5.29. The first-order valence-electron chi connectivity index (χ1n) is 12.3. The molecule has 1 spiro atoms. The highest BCUT2D eigenvalue weighted by Gasteiger charge is 2.56. The van der Waals surface area contributed by atoms with Crippen molar-refractivity contribution in [2.75, 3.05) is 13.1 Å². The molecule has 0 radical (unpaired) electrons. The SMILES string of the molecule is CC(=O)NCCCCNC(=O)c1ccc2c(c1)C1(CC(C)(C)c3ccc(C)cc31)CC2(C)C. The number of aryl methyl sites for hydroxylation is 1. The van der Waals surface area contributed by atoms with E-state index in [2.05, 4.69) is 75.6 Å². The van der Waals surface area contributed by atoms with Gasteiger partial charge in [-0.05, 0) is 77.8 Å². The van der Waals surface area contributed by atoms with E-state index in [0.29, 0.717) is 13.1 Å². The zero-order valence-electron chi connectivity index (χ0n) is 21.0. The van der Waals surface area contributed by atoms with E-state index in [9.17, 15) is 9.59 Å². The first-order chi connectivity index (χ1) is 15.5. The maximum atomic E-state index is 13.0. The summed E-state index contributed by atoms with van der Waals surface area (Å²) in [5.41, 5.74) is 7.78. The van der Waals surface area contributed by atoms with Crippen molar-refractivity contribution >= 4 is 11.8 Å². The van der Waals surface area contributed by atoms with Gasteiger partial charge in [0.1, 0.15) is 0 Å². The van der Waals surface area contributed by atoms with Gasteiger partial charge in [-0.2, -0.15) is 0 Å². The van der Waals surface area contributed by atoms with Crippen LogP contribution < -0.4 is 10.6 Å². The van der Waals surface area contributed by atoms with E-state index >= 15 is 0 Å². The number of carbonyl (C=O) groups excluding carboxylic acids is 2. The van der Waals surface area contributed by atoms with Crippen molar-refractivity contribution in [2.45, 2.75) is 83.5 Å². The van der Waals surface area contributed by atoms with Gasteiger partial charge in [0, 0.05) is 31.0 Å². The minimum absolute atomic E-state index is 0.0131. The van der Waals surface area contributed by atoms with Gasteiger partial charge in [-0.3, -0.25) is 9.59 Å². The molecule has 4 rings (SSSR count). The van der Waals surface area contributed by atoms with E-state index < -0.39 is 0 Å². The lowest BCUT2D eigenvalue weighted by atomic mass is 9.72. The lowest BCUT2D eigenvalue weighted by molar-refractivity contribution is -0.118. The third-order valence-electron chi connectivity index (χ3n) is 7.70. The van der Waals surface area contributed by atoms with Gasteiger partial charge in [0.15, 0.2) is 0 Å². The Morgan fingerprint density at radius 2 is 1.33 bits per heavy atom. The van der Waals surface area contributed by atoms with Crippen LogP contribution in [0.15, 0.2) is 36.4 Å². The van der Waals surface area contributed by atoms with Crippen LogP contribution in [-0.2, 0) is 21.0 Å². The number of carbonyl (C=O) groups is 2. The van der Waals surface area contributed by atoms with Gasteiger partial charge in [0.05, 0.1) is 0 Å². The van der Waals surface area contributed by atoms with E-state index in [0.717, 1.165) is 31.2 Å². The van der Waals surface area contributed by atoms with Crippen LogP contribution >= 0.6 is 0 Å². The number of fused-ring (bicyclic) bond motifs is 4. The molecule has 2 aliphatic carbocycles. The first-order valence-corrected chi connectivity index (χ1v) is 12.3. The van der Waals surface area contributed by atoms with Crippen LogP contribution in [0.4, 0.5) is 0 Å². The van der Waals surface area contributed by atoms with E-state index in [4.69, 9.17) is 0 Å². The van der Waals surface area contributed by atoms with Gasteiger partial charge in [0.25, 0.3) is 5.91 Å². The van der Waals surface area contributed by atoms with Crippen molar-refractivity contribution < 1.29 is 9.59 Å². The molecule has 2 aromatic carbocycles. The molecule has 2 amide bonds. The van der Waals surface area contributed by atoms with Gasteiger partial charge in [-0.1, -0.05) is 57.5 Å². The van der Waals surface area contributed by atoms with Gasteiger partial charge < -0.3 is 10.6 Å². The minimum atomic E-state index is -0.0433. The summed E-state index contributed by atoms with van der Waals surface area (Å²) in [5.74, 6) is -0.0280. The molecule has 0 fully saturated rings. The molecular formula is C29H38N2O2.